The average molecular weight is 300 g/mol. The summed E-state index contributed by atoms with van der Waals surface area (Å²) in [5.41, 5.74) is 1.37. The number of aryl methyl sites for hydroxylation is 1. The van der Waals surface area contributed by atoms with E-state index in [1.54, 1.807) is 19.0 Å². The van der Waals surface area contributed by atoms with E-state index in [1.165, 1.54) is 28.9 Å². The van der Waals surface area contributed by atoms with Crippen LogP contribution in [0.1, 0.15) is 20.8 Å². The lowest BCUT2D eigenvalue weighted by Gasteiger charge is -2.26. The number of allylic oxidation sites excluding steroid dienone is 1. The van der Waals surface area contributed by atoms with Gasteiger partial charge >= 0.3 is 0 Å². The molecule has 2 heterocycles. The Labute approximate surface area is 117 Å². The molecular formula is C12H16N2O3S2. The molecule has 1 aromatic heterocycles. The summed E-state index contributed by atoms with van der Waals surface area (Å²) in [5.74, 6) is -0.413. The monoisotopic (exact) mass is 300 g/mol. The highest BCUT2D eigenvalue weighted by molar-refractivity contribution is 7.98. The van der Waals surface area contributed by atoms with Crippen LogP contribution >= 0.6 is 11.3 Å². The SMILES string of the molecule is Cc1sc2c(c1C)C(=O)/C(=C\N(C)C)S(=O)(=O)N2C. The predicted octanol–water partition coefficient (Wildman–Crippen LogP) is 1.73. The lowest BCUT2D eigenvalue weighted by Crippen LogP contribution is -2.36. The van der Waals surface area contributed by atoms with Crippen molar-refractivity contribution in [2.24, 2.45) is 0 Å². The van der Waals surface area contributed by atoms with Crippen molar-refractivity contribution in [3.63, 3.8) is 0 Å². The van der Waals surface area contributed by atoms with Crippen molar-refractivity contribution in [2.75, 3.05) is 25.4 Å². The minimum atomic E-state index is -3.75. The molecule has 0 unspecified atom stereocenters. The molecule has 19 heavy (non-hydrogen) atoms. The van der Waals surface area contributed by atoms with Crippen LogP contribution in [0.2, 0.25) is 0 Å². The van der Waals surface area contributed by atoms with Gasteiger partial charge in [0.25, 0.3) is 10.0 Å². The van der Waals surface area contributed by atoms with Crippen LogP contribution in [0.3, 0.4) is 0 Å². The van der Waals surface area contributed by atoms with Crippen molar-refractivity contribution in [1.82, 2.24) is 4.90 Å². The van der Waals surface area contributed by atoms with Crippen molar-refractivity contribution in [2.45, 2.75) is 13.8 Å². The van der Waals surface area contributed by atoms with Gasteiger partial charge in [-0.15, -0.1) is 11.3 Å². The van der Waals surface area contributed by atoms with Gasteiger partial charge in [-0.05, 0) is 19.4 Å². The van der Waals surface area contributed by atoms with Crippen molar-refractivity contribution < 1.29 is 13.2 Å². The predicted molar refractivity (Wildman–Crippen MR) is 77.2 cm³/mol. The second kappa shape index (κ2) is 4.35. The highest BCUT2D eigenvalue weighted by Crippen LogP contribution is 2.42. The summed E-state index contributed by atoms with van der Waals surface area (Å²) in [6, 6.07) is 0. The number of fused-ring (bicyclic) bond motifs is 1. The van der Waals surface area contributed by atoms with Gasteiger partial charge in [0.05, 0.1) is 5.56 Å². The number of ketones is 1. The third kappa shape index (κ3) is 1.97. The van der Waals surface area contributed by atoms with Gasteiger partial charge in [-0.3, -0.25) is 9.10 Å². The summed E-state index contributed by atoms with van der Waals surface area (Å²) in [4.78, 5) is 14.8. The first-order valence-corrected chi connectivity index (χ1v) is 7.95. The number of hydrogen-bond donors (Lipinski definition) is 0. The first-order valence-electron chi connectivity index (χ1n) is 5.69. The fraction of sp³-hybridized carbons (Fsp3) is 0.417. The maximum Gasteiger partial charge on any atom is 0.270 e. The summed E-state index contributed by atoms with van der Waals surface area (Å²) >= 11 is 1.34. The van der Waals surface area contributed by atoms with Gasteiger partial charge in [-0.2, -0.15) is 0 Å². The largest absolute Gasteiger partial charge is 0.382 e. The number of hydrogen-bond acceptors (Lipinski definition) is 5. The maximum atomic E-state index is 12.5. The number of sulfonamides is 1. The number of rotatable bonds is 1. The van der Waals surface area contributed by atoms with E-state index in [4.69, 9.17) is 0 Å². The van der Waals surface area contributed by atoms with Gasteiger partial charge in [0, 0.05) is 32.2 Å². The Kier molecular flexibility index (Phi) is 3.22. The lowest BCUT2D eigenvalue weighted by atomic mass is 10.1. The molecule has 2 rings (SSSR count). The number of Topliss-reactive ketones (excluding diaryl/α,β-unsaturated/α-hetero) is 1. The molecule has 1 aliphatic rings. The Morgan fingerprint density at radius 2 is 1.84 bits per heavy atom. The number of nitrogens with zero attached hydrogens (tertiary/aromatic N) is 2. The second-order valence-electron chi connectivity index (χ2n) is 4.72. The molecule has 1 aliphatic heterocycles. The molecule has 0 saturated heterocycles. The topological polar surface area (TPSA) is 57.7 Å². The van der Waals surface area contributed by atoms with Crippen LogP contribution in [0.15, 0.2) is 11.1 Å². The first-order chi connectivity index (χ1) is 8.67. The van der Waals surface area contributed by atoms with Crippen molar-refractivity contribution in [1.29, 1.82) is 0 Å². The fourth-order valence-corrected chi connectivity index (χ4v) is 4.67. The summed E-state index contributed by atoms with van der Waals surface area (Å²) in [5, 5.41) is 0.510. The first kappa shape index (κ1) is 14.1. The minimum Gasteiger partial charge on any atom is -0.382 e. The number of thiophene rings is 1. The normalized spacial score (nSPS) is 19.7. The molecule has 0 N–H and O–H groups in total. The molecule has 0 spiro atoms. The Morgan fingerprint density at radius 1 is 1.26 bits per heavy atom. The molecule has 0 fully saturated rings. The quantitative estimate of drug-likeness (QED) is 0.741. The summed E-state index contributed by atoms with van der Waals surface area (Å²) < 4.78 is 25.9. The van der Waals surface area contributed by atoms with E-state index in [0.29, 0.717) is 10.6 Å². The van der Waals surface area contributed by atoms with Crippen LogP contribution in [0.4, 0.5) is 5.00 Å². The van der Waals surface area contributed by atoms with E-state index in [9.17, 15) is 13.2 Å². The average Bonchev–Trinajstić information content (AvgIpc) is 2.59. The molecule has 0 aromatic carbocycles. The van der Waals surface area contributed by atoms with E-state index in [0.717, 1.165) is 10.4 Å². The van der Waals surface area contributed by atoms with Crippen LogP contribution in [-0.2, 0) is 10.0 Å². The molecule has 0 aliphatic carbocycles. The molecule has 0 atom stereocenters. The molecule has 5 nitrogen and oxygen atoms in total. The standard InChI is InChI=1S/C12H16N2O3S2/c1-7-8(2)18-12-10(7)11(15)9(6-13(3)4)19(16,17)14(12)5/h6H,1-5H3/b9-6+. The van der Waals surface area contributed by atoms with Crippen LogP contribution in [-0.4, -0.2) is 40.2 Å². The van der Waals surface area contributed by atoms with Crippen molar-refractivity contribution in [3.8, 4) is 0 Å². The van der Waals surface area contributed by atoms with Crippen LogP contribution < -0.4 is 4.31 Å². The maximum absolute atomic E-state index is 12.5. The summed E-state index contributed by atoms with van der Waals surface area (Å²) in [6.45, 7) is 3.74. The Hall–Kier alpha value is -1.34. The molecule has 7 heteroatoms. The van der Waals surface area contributed by atoms with E-state index < -0.39 is 15.8 Å². The molecule has 0 bridgehead atoms. The number of carbonyl (C=O) groups is 1. The summed E-state index contributed by atoms with van der Waals surface area (Å²) in [6.07, 6.45) is 1.36. The molecule has 1 aromatic rings. The minimum absolute atomic E-state index is 0.173. The van der Waals surface area contributed by atoms with Crippen molar-refractivity contribution in [3.05, 3.63) is 27.1 Å². The molecule has 0 radical (unpaired) electrons. The smallest absolute Gasteiger partial charge is 0.270 e. The van der Waals surface area contributed by atoms with E-state index >= 15 is 0 Å². The molecule has 0 saturated carbocycles. The zero-order chi connectivity index (χ0) is 14.5. The Balaban J connectivity index is 2.79. The van der Waals surface area contributed by atoms with Gasteiger partial charge in [0.15, 0.2) is 4.91 Å². The highest BCUT2D eigenvalue weighted by Gasteiger charge is 2.41. The van der Waals surface area contributed by atoms with Crippen molar-refractivity contribution >= 4 is 32.1 Å². The van der Waals surface area contributed by atoms with Gasteiger partial charge in [0.2, 0.25) is 5.78 Å². The van der Waals surface area contributed by atoms with Crippen LogP contribution in [0.5, 0.6) is 0 Å². The van der Waals surface area contributed by atoms with Gasteiger partial charge < -0.3 is 4.90 Å². The zero-order valence-corrected chi connectivity index (χ0v) is 13.1. The molecule has 104 valence electrons. The number of carbonyl (C=O) groups excluding carboxylic acids is 1. The summed E-state index contributed by atoms with van der Waals surface area (Å²) in [7, 11) is 1.12. The van der Waals surface area contributed by atoms with E-state index in [2.05, 4.69) is 0 Å². The van der Waals surface area contributed by atoms with Gasteiger partial charge in [0.1, 0.15) is 5.00 Å². The second-order valence-corrected chi connectivity index (χ2v) is 7.86. The fourth-order valence-electron chi connectivity index (χ4n) is 1.95. The zero-order valence-electron chi connectivity index (χ0n) is 11.5. The Morgan fingerprint density at radius 3 is 2.37 bits per heavy atom. The van der Waals surface area contributed by atoms with E-state index in [1.807, 2.05) is 13.8 Å². The van der Waals surface area contributed by atoms with Gasteiger partial charge in [-0.1, -0.05) is 0 Å². The Bertz CT molecular complexity index is 684. The van der Waals surface area contributed by atoms with Gasteiger partial charge in [-0.25, -0.2) is 8.42 Å². The number of anilines is 1. The molecule has 0 amide bonds. The van der Waals surface area contributed by atoms with Crippen LogP contribution in [0, 0.1) is 13.8 Å². The third-order valence-electron chi connectivity index (χ3n) is 3.12. The van der Waals surface area contributed by atoms with Crippen LogP contribution in [0.25, 0.3) is 0 Å². The third-order valence-corrected chi connectivity index (χ3v) is 6.27. The van der Waals surface area contributed by atoms with E-state index in [-0.39, 0.29) is 4.91 Å². The molecular weight excluding hydrogens is 284 g/mol. The lowest BCUT2D eigenvalue weighted by molar-refractivity contribution is 0.104. The highest BCUT2D eigenvalue weighted by atomic mass is 32.2.